The van der Waals surface area contributed by atoms with E-state index in [1.807, 2.05) is 36.1 Å². The summed E-state index contributed by atoms with van der Waals surface area (Å²) in [6.07, 6.45) is 2.14. The second-order valence-electron chi connectivity index (χ2n) is 7.23. The van der Waals surface area contributed by atoms with Crippen LogP contribution in [-0.2, 0) is 9.59 Å². The Hall–Kier alpha value is -3.02. The number of hydrogen-bond donors (Lipinski definition) is 1. The smallest absolute Gasteiger partial charge is 0.260 e. The number of ether oxygens (including phenoxy) is 2. The maximum Gasteiger partial charge on any atom is 0.260 e. The van der Waals surface area contributed by atoms with Crippen molar-refractivity contribution in [3.8, 4) is 11.5 Å². The zero-order valence-electron chi connectivity index (χ0n) is 17.0. The third kappa shape index (κ3) is 6.24. The molecule has 0 aliphatic carbocycles. The van der Waals surface area contributed by atoms with Crippen molar-refractivity contribution >= 4 is 17.5 Å². The molecule has 6 heteroatoms. The van der Waals surface area contributed by atoms with Crippen molar-refractivity contribution in [3.63, 3.8) is 0 Å². The molecule has 1 aliphatic heterocycles. The average Bonchev–Trinajstić information content (AvgIpc) is 2.74. The van der Waals surface area contributed by atoms with E-state index in [-0.39, 0.29) is 24.5 Å². The lowest BCUT2D eigenvalue weighted by Crippen LogP contribution is -2.43. The molecule has 0 atom stereocenters. The molecule has 0 aromatic heterocycles. The number of hydrogen-bond acceptors (Lipinski definition) is 4. The van der Waals surface area contributed by atoms with Crippen LogP contribution in [0, 0.1) is 6.92 Å². The first-order chi connectivity index (χ1) is 14.0. The zero-order valence-corrected chi connectivity index (χ0v) is 17.0. The lowest BCUT2D eigenvalue weighted by Gasteiger charge is -2.32. The summed E-state index contributed by atoms with van der Waals surface area (Å²) in [5.41, 5.74) is 1.87. The fraction of sp³-hybridized carbons (Fsp3) is 0.391. The van der Waals surface area contributed by atoms with Crippen molar-refractivity contribution in [1.82, 2.24) is 4.90 Å². The van der Waals surface area contributed by atoms with Crippen molar-refractivity contribution in [3.05, 3.63) is 54.1 Å². The van der Waals surface area contributed by atoms with Gasteiger partial charge in [-0.25, -0.2) is 0 Å². The van der Waals surface area contributed by atoms with Crippen LogP contribution in [0.15, 0.2) is 48.5 Å². The van der Waals surface area contributed by atoms with E-state index in [0.717, 1.165) is 18.6 Å². The minimum absolute atomic E-state index is 0.0192. The highest BCUT2D eigenvalue weighted by atomic mass is 16.5. The van der Waals surface area contributed by atoms with Crippen molar-refractivity contribution in [1.29, 1.82) is 0 Å². The summed E-state index contributed by atoms with van der Waals surface area (Å²) in [6, 6.07) is 15.1. The van der Waals surface area contributed by atoms with E-state index in [1.165, 1.54) is 5.56 Å². The normalized spacial score (nSPS) is 14.3. The van der Waals surface area contributed by atoms with Crippen LogP contribution in [0.4, 0.5) is 5.69 Å². The second kappa shape index (κ2) is 9.96. The van der Waals surface area contributed by atoms with Crippen LogP contribution in [-0.4, -0.2) is 42.5 Å². The van der Waals surface area contributed by atoms with Crippen LogP contribution >= 0.6 is 0 Å². The van der Waals surface area contributed by atoms with E-state index in [2.05, 4.69) is 5.32 Å². The first kappa shape index (κ1) is 20.7. The summed E-state index contributed by atoms with van der Waals surface area (Å²) >= 11 is 0. The summed E-state index contributed by atoms with van der Waals surface area (Å²) in [7, 11) is 0. The molecule has 2 aromatic rings. The molecule has 0 radical (unpaired) electrons. The van der Waals surface area contributed by atoms with E-state index in [1.54, 1.807) is 31.2 Å². The Labute approximate surface area is 171 Å². The summed E-state index contributed by atoms with van der Waals surface area (Å²) in [4.78, 5) is 25.8. The minimum Gasteiger partial charge on any atom is -0.490 e. The van der Waals surface area contributed by atoms with Gasteiger partial charge in [0.05, 0.1) is 0 Å². The van der Waals surface area contributed by atoms with Gasteiger partial charge in [0, 0.05) is 44.1 Å². The number of carbonyl (C=O) groups excluding carboxylic acids is 2. The van der Waals surface area contributed by atoms with Crippen LogP contribution < -0.4 is 14.8 Å². The monoisotopic (exact) mass is 396 g/mol. The van der Waals surface area contributed by atoms with E-state index in [9.17, 15) is 9.59 Å². The molecule has 1 fully saturated rings. The number of piperidine rings is 1. The van der Waals surface area contributed by atoms with Gasteiger partial charge in [0.1, 0.15) is 17.6 Å². The van der Waals surface area contributed by atoms with Gasteiger partial charge in [-0.15, -0.1) is 0 Å². The third-order valence-corrected chi connectivity index (χ3v) is 4.92. The van der Waals surface area contributed by atoms with Crippen LogP contribution in [0.25, 0.3) is 0 Å². The fourth-order valence-electron chi connectivity index (χ4n) is 3.18. The SMILES string of the molecule is CCC(=O)Nc1cccc(OCC(=O)N2CCC(Oc3ccc(C)cc3)CC2)c1. The number of anilines is 1. The number of benzene rings is 2. The molecule has 2 amide bonds. The van der Waals surface area contributed by atoms with Crippen LogP contribution in [0.2, 0.25) is 0 Å². The molecule has 6 nitrogen and oxygen atoms in total. The van der Waals surface area contributed by atoms with Gasteiger partial charge in [-0.05, 0) is 31.2 Å². The summed E-state index contributed by atoms with van der Waals surface area (Å²) in [5, 5.41) is 2.78. The minimum atomic E-state index is -0.0612. The van der Waals surface area contributed by atoms with E-state index < -0.39 is 0 Å². The van der Waals surface area contributed by atoms with Gasteiger partial charge in [-0.3, -0.25) is 9.59 Å². The maximum absolute atomic E-state index is 12.5. The highest BCUT2D eigenvalue weighted by Crippen LogP contribution is 2.21. The Morgan fingerprint density at radius 3 is 2.48 bits per heavy atom. The molecule has 1 aliphatic rings. The molecule has 154 valence electrons. The predicted octanol–water partition coefficient (Wildman–Crippen LogP) is 3.79. The maximum atomic E-state index is 12.5. The van der Waals surface area contributed by atoms with Gasteiger partial charge in [0.25, 0.3) is 5.91 Å². The number of amides is 2. The Morgan fingerprint density at radius 2 is 1.79 bits per heavy atom. The molecule has 0 unspecified atom stereocenters. The molecule has 2 aromatic carbocycles. The van der Waals surface area contributed by atoms with Crippen molar-refractivity contribution in [2.45, 2.75) is 39.2 Å². The second-order valence-corrected chi connectivity index (χ2v) is 7.23. The lowest BCUT2D eigenvalue weighted by atomic mass is 10.1. The van der Waals surface area contributed by atoms with Gasteiger partial charge < -0.3 is 19.7 Å². The van der Waals surface area contributed by atoms with Crippen LogP contribution in [0.1, 0.15) is 31.7 Å². The standard InChI is InChI=1S/C23H28N2O4/c1-3-22(26)24-18-5-4-6-21(15-18)28-16-23(27)25-13-11-20(12-14-25)29-19-9-7-17(2)8-10-19/h4-10,15,20H,3,11-14,16H2,1-2H3,(H,24,26). The largest absolute Gasteiger partial charge is 0.490 e. The average molecular weight is 396 g/mol. The number of nitrogens with zero attached hydrogens (tertiary/aromatic N) is 1. The topological polar surface area (TPSA) is 67.9 Å². The van der Waals surface area contributed by atoms with Gasteiger partial charge in [-0.1, -0.05) is 30.7 Å². The number of rotatable bonds is 7. The van der Waals surface area contributed by atoms with Crippen LogP contribution in [0.3, 0.4) is 0 Å². The molecule has 1 saturated heterocycles. The molecule has 1 heterocycles. The molecule has 29 heavy (non-hydrogen) atoms. The van der Waals surface area contributed by atoms with Crippen molar-refractivity contribution in [2.75, 3.05) is 25.0 Å². The Balaban J connectivity index is 1.43. The zero-order chi connectivity index (χ0) is 20.6. The lowest BCUT2D eigenvalue weighted by molar-refractivity contribution is -0.135. The third-order valence-electron chi connectivity index (χ3n) is 4.92. The number of aryl methyl sites for hydroxylation is 1. The molecular formula is C23H28N2O4. The highest BCUT2D eigenvalue weighted by molar-refractivity contribution is 5.90. The highest BCUT2D eigenvalue weighted by Gasteiger charge is 2.24. The Morgan fingerprint density at radius 1 is 1.07 bits per heavy atom. The molecule has 0 bridgehead atoms. The number of nitrogens with one attached hydrogen (secondary N) is 1. The van der Waals surface area contributed by atoms with Crippen molar-refractivity contribution in [2.24, 2.45) is 0 Å². The van der Waals surface area contributed by atoms with Gasteiger partial charge in [0.15, 0.2) is 6.61 Å². The number of carbonyl (C=O) groups is 2. The molecule has 3 rings (SSSR count). The van der Waals surface area contributed by atoms with E-state index >= 15 is 0 Å². The van der Waals surface area contributed by atoms with Crippen molar-refractivity contribution < 1.29 is 19.1 Å². The van der Waals surface area contributed by atoms with Gasteiger partial charge in [0.2, 0.25) is 5.91 Å². The first-order valence-electron chi connectivity index (χ1n) is 10.1. The number of likely N-dealkylation sites (tertiary alicyclic amines) is 1. The quantitative estimate of drug-likeness (QED) is 0.773. The Kier molecular flexibility index (Phi) is 7.11. The summed E-state index contributed by atoms with van der Waals surface area (Å²) in [6.45, 7) is 5.14. The fourth-order valence-corrected chi connectivity index (χ4v) is 3.18. The van der Waals surface area contributed by atoms with Gasteiger partial charge >= 0.3 is 0 Å². The molecule has 1 N–H and O–H groups in total. The summed E-state index contributed by atoms with van der Waals surface area (Å²) in [5.74, 6) is 1.33. The van der Waals surface area contributed by atoms with E-state index in [0.29, 0.717) is 30.9 Å². The molecule has 0 spiro atoms. The van der Waals surface area contributed by atoms with Gasteiger partial charge in [-0.2, -0.15) is 0 Å². The Bertz CT molecular complexity index is 827. The van der Waals surface area contributed by atoms with E-state index in [4.69, 9.17) is 9.47 Å². The molecular weight excluding hydrogens is 368 g/mol. The van der Waals surface area contributed by atoms with Crippen LogP contribution in [0.5, 0.6) is 11.5 Å². The summed E-state index contributed by atoms with van der Waals surface area (Å²) < 4.78 is 11.7. The first-order valence-corrected chi connectivity index (χ1v) is 10.1. The molecule has 0 saturated carbocycles. The predicted molar refractivity (Wildman–Crippen MR) is 112 cm³/mol.